The highest BCUT2D eigenvalue weighted by atomic mass is 79.9. The largest absolute Gasteiger partial charge is 0.493 e. The van der Waals surface area contributed by atoms with Crippen LogP contribution in [0.25, 0.3) is 16.5 Å². The monoisotopic (exact) mass is 557 g/mol. The van der Waals surface area contributed by atoms with Gasteiger partial charge in [-0.2, -0.15) is 9.78 Å². The zero-order chi connectivity index (χ0) is 25.1. The summed E-state index contributed by atoms with van der Waals surface area (Å²) in [4.78, 5) is 39.2. The maximum Gasteiger partial charge on any atom is 0.359 e. The van der Waals surface area contributed by atoms with Crippen LogP contribution in [0.15, 0.2) is 57.1 Å². The number of nitrogens with one attached hydrogen (secondary N) is 1. The van der Waals surface area contributed by atoms with Crippen molar-refractivity contribution in [2.75, 3.05) is 26.1 Å². The Hall–Kier alpha value is -3.70. The lowest BCUT2D eigenvalue weighted by molar-refractivity contribution is 0.0520. The number of carbonyl (C=O) groups excluding carboxylic acids is 2. The average Bonchev–Trinajstić information content (AvgIpc) is 3.28. The van der Waals surface area contributed by atoms with E-state index < -0.39 is 17.4 Å². The van der Waals surface area contributed by atoms with E-state index >= 15 is 0 Å². The van der Waals surface area contributed by atoms with Crippen molar-refractivity contribution in [2.24, 2.45) is 0 Å². The van der Waals surface area contributed by atoms with E-state index in [9.17, 15) is 14.4 Å². The molecule has 35 heavy (non-hydrogen) atoms. The summed E-state index contributed by atoms with van der Waals surface area (Å²) < 4.78 is 17.6. The Kier molecular flexibility index (Phi) is 7.17. The number of aromatic nitrogens is 2. The summed E-state index contributed by atoms with van der Waals surface area (Å²) in [5.41, 5.74) is 0.248. The van der Waals surface area contributed by atoms with Crippen LogP contribution in [0, 0.1) is 0 Å². The van der Waals surface area contributed by atoms with Gasteiger partial charge in [-0.25, -0.2) is 4.79 Å². The third kappa shape index (κ3) is 4.77. The van der Waals surface area contributed by atoms with Crippen LogP contribution >= 0.6 is 27.3 Å². The molecule has 0 aliphatic carbocycles. The van der Waals surface area contributed by atoms with Crippen LogP contribution in [0.3, 0.4) is 0 Å². The van der Waals surface area contributed by atoms with E-state index in [1.54, 1.807) is 48.7 Å². The third-order valence-electron chi connectivity index (χ3n) is 5.07. The van der Waals surface area contributed by atoms with Gasteiger partial charge in [0.05, 0.1) is 31.9 Å². The van der Waals surface area contributed by atoms with Crippen LogP contribution in [-0.2, 0) is 4.74 Å². The SMILES string of the molecule is CCOC(=O)c1nn(-c2ccc(Br)cc2)c(=O)c2c(NC(=O)c3ccc(OC)c(OC)c3)scc12. The molecule has 0 unspecified atom stereocenters. The molecule has 1 amide bonds. The molecule has 11 heteroatoms. The number of hydrogen-bond acceptors (Lipinski definition) is 8. The van der Waals surface area contributed by atoms with Crippen molar-refractivity contribution in [3.63, 3.8) is 0 Å². The standard InChI is InChI=1S/C24H20BrN3O6S/c1-4-34-24(31)20-16-12-35-22(26-21(29)13-5-10-17(32-2)18(11-13)33-3)19(16)23(30)28(27-20)15-8-6-14(25)7-9-15/h5-12H,4H2,1-3H3,(H,26,29). The summed E-state index contributed by atoms with van der Waals surface area (Å²) in [6.45, 7) is 1.83. The van der Waals surface area contributed by atoms with Crippen LogP contribution in [0.4, 0.5) is 5.00 Å². The van der Waals surface area contributed by atoms with E-state index in [0.29, 0.717) is 28.1 Å². The zero-order valence-corrected chi connectivity index (χ0v) is 21.4. The Bertz CT molecular complexity index is 1480. The molecule has 0 aliphatic heterocycles. The zero-order valence-electron chi connectivity index (χ0n) is 19.0. The van der Waals surface area contributed by atoms with Gasteiger partial charge in [-0.05, 0) is 49.4 Å². The summed E-state index contributed by atoms with van der Waals surface area (Å²) in [6, 6.07) is 11.6. The first-order valence-corrected chi connectivity index (χ1v) is 12.1. The molecule has 0 atom stereocenters. The first-order valence-electron chi connectivity index (χ1n) is 10.4. The molecule has 9 nitrogen and oxygen atoms in total. The minimum atomic E-state index is -0.668. The van der Waals surface area contributed by atoms with Crippen molar-refractivity contribution >= 4 is 54.9 Å². The van der Waals surface area contributed by atoms with Gasteiger partial charge in [0.25, 0.3) is 11.5 Å². The molecule has 0 fully saturated rings. The molecule has 2 aromatic carbocycles. The molecule has 0 aliphatic rings. The van der Waals surface area contributed by atoms with E-state index in [4.69, 9.17) is 14.2 Å². The molecular weight excluding hydrogens is 538 g/mol. The van der Waals surface area contributed by atoms with Crippen molar-refractivity contribution in [2.45, 2.75) is 6.92 Å². The Labute approximate surface area is 212 Å². The number of fused-ring (bicyclic) bond motifs is 1. The first-order chi connectivity index (χ1) is 16.9. The number of carbonyl (C=O) groups is 2. The molecule has 0 bridgehead atoms. The van der Waals surface area contributed by atoms with Gasteiger partial charge in [0.2, 0.25) is 0 Å². The maximum atomic E-state index is 13.5. The molecule has 180 valence electrons. The molecule has 2 heterocycles. The fourth-order valence-corrected chi connectivity index (χ4v) is 4.60. The lowest BCUT2D eigenvalue weighted by atomic mass is 10.1. The van der Waals surface area contributed by atoms with E-state index in [2.05, 4.69) is 26.3 Å². The highest BCUT2D eigenvalue weighted by Gasteiger charge is 2.23. The fraction of sp³-hybridized carbons (Fsp3) is 0.167. The molecule has 0 saturated heterocycles. The number of nitrogens with zero attached hydrogens (tertiary/aromatic N) is 2. The highest BCUT2D eigenvalue weighted by Crippen LogP contribution is 2.32. The van der Waals surface area contributed by atoms with Gasteiger partial charge in [-0.15, -0.1) is 11.3 Å². The lowest BCUT2D eigenvalue weighted by Crippen LogP contribution is -2.25. The smallest absolute Gasteiger partial charge is 0.359 e. The quantitative estimate of drug-likeness (QED) is 0.329. The molecule has 0 radical (unpaired) electrons. The lowest BCUT2D eigenvalue weighted by Gasteiger charge is -2.11. The Morgan fingerprint density at radius 2 is 1.80 bits per heavy atom. The summed E-state index contributed by atoms with van der Waals surface area (Å²) in [5, 5.41) is 9.41. The molecule has 2 aromatic heterocycles. The van der Waals surface area contributed by atoms with E-state index in [1.807, 2.05) is 0 Å². The number of methoxy groups -OCH3 is 2. The summed E-state index contributed by atoms with van der Waals surface area (Å²) in [7, 11) is 2.97. The Morgan fingerprint density at radius 3 is 2.46 bits per heavy atom. The predicted octanol–water partition coefficient (Wildman–Crippen LogP) is 4.66. The average molecular weight is 558 g/mol. The van der Waals surface area contributed by atoms with Crippen molar-refractivity contribution in [3.05, 3.63) is 73.9 Å². The molecule has 0 spiro atoms. The number of esters is 1. The van der Waals surface area contributed by atoms with Gasteiger partial charge < -0.3 is 19.5 Å². The molecule has 0 saturated carbocycles. The van der Waals surface area contributed by atoms with Gasteiger partial charge in [0.15, 0.2) is 17.2 Å². The predicted molar refractivity (Wildman–Crippen MR) is 136 cm³/mol. The number of hydrogen-bond donors (Lipinski definition) is 1. The van der Waals surface area contributed by atoms with Crippen LogP contribution < -0.4 is 20.3 Å². The minimum Gasteiger partial charge on any atom is -0.493 e. The van der Waals surface area contributed by atoms with Crippen LogP contribution in [0.2, 0.25) is 0 Å². The van der Waals surface area contributed by atoms with Crippen molar-refractivity contribution in [1.82, 2.24) is 9.78 Å². The number of rotatable bonds is 7. The maximum absolute atomic E-state index is 13.5. The number of benzene rings is 2. The number of thiophene rings is 1. The van der Waals surface area contributed by atoms with Crippen LogP contribution in [0.5, 0.6) is 11.5 Å². The number of halogens is 1. The van der Waals surface area contributed by atoms with Gasteiger partial charge >= 0.3 is 5.97 Å². The minimum absolute atomic E-state index is 0.0211. The van der Waals surface area contributed by atoms with Gasteiger partial charge in [0.1, 0.15) is 5.00 Å². The Balaban J connectivity index is 1.83. The second-order valence-electron chi connectivity index (χ2n) is 7.14. The highest BCUT2D eigenvalue weighted by molar-refractivity contribution is 9.10. The van der Waals surface area contributed by atoms with Gasteiger partial charge in [0, 0.05) is 20.8 Å². The third-order valence-corrected chi connectivity index (χ3v) is 6.49. The van der Waals surface area contributed by atoms with Gasteiger partial charge in [-0.3, -0.25) is 9.59 Å². The van der Waals surface area contributed by atoms with E-state index in [-0.39, 0.29) is 22.7 Å². The fourth-order valence-electron chi connectivity index (χ4n) is 3.40. The number of ether oxygens (including phenoxy) is 3. The van der Waals surface area contributed by atoms with Gasteiger partial charge in [-0.1, -0.05) is 15.9 Å². The molecule has 4 aromatic rings. The summed E-state index contributed by atoms with van der Waals surface area (Å²) in [6.07, 6.45) is 0. The molecule has 4 rings (SSSR count). The van der Waals surface area contributed by atoms with Crippen LogP contribution in [-0.4, -0.2) is 42.5 Å². The van der Waals surface area contributed by atoms with Crippen molar-refractivity contribution in [1.29, 1.82) is 0 Å². The second kappa shape index (κ2) is 10.3. The normalized spacial score (nSPS) is 10.7. The topological polar surface area (TPSA) is 109 Å². The second-order valence-corrected chi connectivity index (χ2v) is 8.94. The summed E-state index contributed by atoms with van der Waals surface area (Å²) in [5.74, 6) is -0.256. The molecule has 1 N–H and O–H groups in total. The van der Waals surface area contributed by atoms with Crippen LogP contribution in [0.1, 0.15) is 27.8 Å². The van der Waals surface area contributed by atoms with E-state index in [0.717, 1.165) is 20.5 Å². The summed E-state index contributed by atoms with van der Waals surface area (Å²) >= 11 is 4.48. The van der Waals surface area contributed by atoms with Crippen molar-refractivity contribution < 1.29 is 23.8 Å². The van der Waals surface area contributed by atoms with Crippen molar-refractivity contribution in [3.8, 4) is 17.2 Å². The Morgan fingerprint density at radius 1 is 1.09 bits per heavy atom. The molecular formula is C24H20BrN3O6S. The van der Waals surface area contributed by atoms with E-state index in [1.165, 1.54) is 20.3 Å². The number of amides is 1. The first kappa shape index (κ1) is 24.4. The number of anilines is 1.